The first kappa shape index (κ1) is 14.9. The molecular weight excluding hydrogens is 295 g/mol. The molecule has 2 nitrogen and oxygen atoms in total. The van der Waals surface area contributed by atoms with E-state index in [1.807, 2.05) is 24.3 Å². The number of nitrogens with two attached hydrogens (primary N) is 1. The van der Waals surface area contributed by atoms with Crippen LogP contribution >= 0.6 is 23.4 Å². The number of hydrogen-bond donors (Lipinski definition) is 2. The topological polar surface area (TPSA) is 49.9 Å². The van der Waals surface area contributed by atoms with E-state index < -0.39 is 5.82 Å². The fraction of sp³-hybridized carbons (Fsp3) is 0.133. The molecule has 0 bridgehead atoms. The Balaban J connectivity index is 1.99. The van der Waals surface area contributed by atoms with Gasteiger partial charge in [0.25, 0.3) is 0 Å². The highest BCUT2D eigenvalue weighted by Crippen LogP contribution is 2.22. The van der Waals surface area contributed by atoms with Crippen molar-refractivity contribution in [3.05, 3.63) is 70.0 Å². The number of halogens is 2. The molecule has 2 aromatic carbocycles. The minimum atomic E-state index is -0.399. The van der Waals surface area contributed by atoms with E-state index in [0.717, 1.165) is 11.3 Å². The fourth-order valence-electron chi connectivity index (χ4n) is 1.76. The van der Waals surface area contributed by atoms with Crippen molar-refractivity contribution in [2.45, 2.75) is 11.5 Å². The van der Waals surface area contributed by atoms with Gasteiger partial charge in [0.2, 0.25) is 0 Å². The number of hydrogen-bond acceptors (Lipinski definition) is 2. The van der Waals surface area contributed by atoms with Gasteiger partial charge in [-0.1, -0.05) is 35.9 Å². The molecule has 0 saturated heterocycles. The van der Waals surface area contributed by atoms with Crippen molar-refractivity contribution in [3.63, 3.8) is 0 Å². The van der Waals surface area contributed by atoms with Crippen LogP contribution in [0.5, 0.6) is 0 Å². The van der Waals surface area contributed by atoms with Crippen LogP contribution in [-0.4, -0.2) is 5.84 Å². The van der Waals surface area contributed by atoms with Gasteiger partial charge in [-0.25, -0.2) is 4.39 Å². The largest absolute Gasteiger partial charge is 0.384 e. The van der Waals surface area contributed by atoms with Gasteiger partial charge in [0.15, 0.2) is 0 Å². The second-order valence-electron chi connectivity index (χ2n) is 4.31. The zero-order valence-corrected chi connectivity index (χ0v) is 12.3. The monoisotopic (exact) mass is 308 g/mol. The van der Waals surface area contributed by atoms with Crippen molar-refractivity contribution in [1.29, 1.82) is 5.41 Å². The fourth-order valence-corrected chi connectivity index (χ4v) is 2.86. The second kappa shape index (κ2) is 6.77. The highest BCUT2D eigenvalue weighted by atomic mass is 35.5. The molecule has 5 heteroatoms. The summed E-state index contributed by atoms with van der Waals surface area (Å²) in [5.41, 5.74) is 7.21. The summed E-state index contributed by atoms with van der Waals surface area (Å²) in [5, 5.41) is 8.03. The molecule has 20 heavy (non-hydrogen) atoms. The van der Waals surface area contributed by atoms with Crippen molar-refractivity contribution in [2.75, 3.05) is 0 Å². The quantitative estimate of drug-likeness (QED) is 0.642. The van der Waals surface area contributed by atoms with E-state index in [-0.39, 0.29) is 11.4 Å². The molecule has 2 aromatic rings. The molecule has 3 N–H and O–H groups in total. The first-order chi connectivity index (χ1) is 9.58. The van der Waals surface area contributed by atoms with Crippen molar-refractivity contribution in [1.82, 2.24) is 0 Å². The van der Waals surface area contributed by atoms with Gasteiger partial charge in [-0.05, 0) is 29.3 Å². The summed E-state index contributed by atoms with van der Waals surface area (Å²) in [4.78, 5) is 0. The lowest BCUT2D eigenvalue weighted by Gasteiger charge is -2.07. The molecule has 0 aliphatic carbocycles. The summed E-state index contributed by atoms with van der Waals surface area (Å²) >= 11 is 7.43. The second-order valence-corrected chi connectivity index (χ2v) is 5.73. The van der Waals surface area contributed by atoms with Crippen LogP contribution in [-0.2, 0) is 11.5 Å². The molecule has 2 rings (SSSR count). The Hall–Kier alpha value is -1.52. The third-order valence-electron chi connectivity index (χ3n) is 2.81. The first-order valence-corrected chi connectivity index (χ1v) is 7.55. The number of amidine groups is 1. The number of nitrogens with one attached hydrogen (secondary N) is 1. The standard InChI is InChI=1S/C15H14ClFN2S/c16-12-6-4-10(5-7-12)8-20-9-11-2-1-3-13(14(11)17)15(18)19/h1-7H,8-9H2,(H3,18,19). The van der Waals surface area contributed by atoms with Gasteiger partial charge >= 0.3 is 0 Å². The summed E-state index contributed by atoms with van der Waals surface area (Å²) in [7, 11) is 0. The predicted octanol–water partition coefficient (Wildman–Crippen LogP) is 4.20. The van der Waals surface area contributed by atoms with Gasteiger partial charge in [-0.2, -0.15) is 11.8 Å². The number of nitrogen functional groups attached to an aromatic ring is 1. The Bertz CT molecular complexity index is 614. The number of benzene rings is 2. The van der Waals surface area contributed by atoms with Crippen LogP contribution in [0.1, 0.15) is 16.7 Å². The Morgan fingerprint density at radius 2 is 1.85 bits per heavy atom. The van der Waals surface area contributed by atoms with Crippen LogP contribution < -0.4 is 5.73 Å². The summed E-state index contributed by atoms with van der Waals surface area (Å²) in [6.45, 7) is 0. The lowest BCUT2D eigenvalue weighted by atomic mass is 10.1. The molecule has 0 spiro atoms. The highest BCUT2D eigenvalue weighted by Gasteiger charge is 2.09. The molecule has 0 aliphatic heterocycles. The molecule has 104 valence electrons. The average molecular weight is 309 g/mol. The maximum Gasteiger partial charge on any atom is 0.138 e. The molecule has 0 unspecified atom stereocenters. The van der Waals surface area contributed by atoms with Crippen LogP contribution in [0.4, 0.5) is 4.39 Å². The van der Waals surface area contributed by atoms with E-state index in [2.05, 4.69) is 0 Å². The Morgan fingerprint density at radius 1 is 1.15 bits per heavy atom. The maximum atomic E-state index is 14.1. The minimum absolute atomic E-state index is 0.162. The van der Waals surface area contributed by atoms with E-state index in [1.165, 1.54) is 6.07 Å². The zero-order chi connectivity index (χ0) is 14.5. The summed E-state index contributed by atoms with van der Waals surface area (Å²) in [6, 6.07) is 12.6. The third-order valence-corrected chi connectivity index (χ3v) is 4.11. The molecule has 0 amide bonds. The number of rotatable bonds is 5. The molecule has 0 saturated carbocycles. The van der Waals surface area contributed by atoms with Gasteiger partial charge in [0.05, 0.1) is 5.56 Å². The van der Waals surface area contributed by atoms with Gasteiger partial charge in [0, 0.05) is 16.5 Å². The summed E-state index contributed by atoms with van der Waals surface area (Å²) in [6.07, 6.45) is 0. The normalized spacial score (nSPS) is 10.5. The Labute approximate surface area is 126 Å². The van der Waals surface area contributed by atoms with Gasteiger partial charge < -0.3 is 5.73 Å². The lowest BCUT2D eigenvalue weighted by Crippen LogP contribution is -2.14. The maximum absolute atomic E-state index is 14.1. The van der Waals surface area contributed by atoms with Gasteiger partial charge in [-0.15, -0.1) is 0 Å². The van der Waals surface area contributed by atoms with Crippen molar-refractivity contribution in [2.24, 2.45) is 5.73 Å². The molecule has 0 atom stereocenters. The zero-order valence-electron chi connectivity index (χ0n) is 10.7. The molecule has 0 fully saturated rings. The molecule has 0 heterocycles. The van der Waals surface area contributed by atoms with Crippen molar-refractivity contribution < 1.29 is 4.39 Å². The van der Waals surface area contributed by atoms with Gasteiger partial charge in [-0.3, -0.25) is 5.41 Å². The molecule has 0 aromatic heterocycles. The van der Waals surface area contributed by atoms with Crippen molar-refractivity contribution in [3.8, 4) is 0 Å². The van der Waals surface area contributed by atoms with Crippen LogP contribution in [0.25, 0.3) is 0 Å². The highest BCUT2D eigenvalue weighted by molar-refractivity contribution is 7.97. The lowest BCUT2D eigenvalue weighted by molar-refractivity contribution is 0.614. The van der Waals surface area contributed by atoms with E-state index in [9.17, 15) is 4.39 Å². The molecule has 0 radical (unpaired) electrons. The average Bonchev–Trinajstić information content (AvgIpc) is 2.42. The smallest absolute Gasteiger partial charge is 0.138 e. The Kier molecular flexibility index (Phi) is 5.04. The Morgan fingerprint density at radius 3 is 2.50 bits per heavy atom. The van der Waals surface area contributed by atoms with Crippen molar-refractivity contribution >= 4 is 29.2 Å². The summed E-state index contributed by atoms with van der Waals surface area (Å²) in [5.74, 6) is 0.673. The summed E-state index contributed by atoms with van der Waals surface area (Å²) < 4.78 is 14.1. The third kappa shape index (κ3) is 3.74. The minimum Gasteiger partial charge on any atom is -0.384 e. The molecular formula is C15H14ClFN2S. The van der Waals surface area contributed by atoms with E-state index in [4.69, 9.17) is 22.7 Å². The first-order valence-electron chi connectivity index (χ1n) is 6.02. The van der Waals surface area contributed by atoms with E-state index in [1.54, 1.807) is 23.9 Å². The van der Waals surface area contributed by atoms with Crippen LogP contribution in [0, 0.1) is 11.2 Å². The van der Waals surface area contributed by atoms with E-state index >= 15 is 0 Å². The number of thioether (sulfide) groups is 1. The van der Waals surface area contributed by atoms with Crippen LogP contribution in [0.2, 0.25) is 5.02 Å². The predicted molar refractivity (Wildman–Crippen MR) is 83.9 cm³/mol. The SMILES string of the molecule is N=C(N)c1cccc(CSCc2ccc(Cl)cc2)c1F. The van der Waals surface area contributed by atoms with Crippen LogP contribution in [0.3, 0.4) is 0 Å². The van der Waals surface area contributed by atoms with E-state index in [0.29, 0.717) is 16.3 Å². The van der Waals surface area contributed by atoms with Crippen LogP contribution in [0.15, 0.2) is 42.5 Å². The van der Waals surface area contributed by atoms with Gasteiger partial charge in [0.1, 0.15) is 11.7 Å². The molecule has 0 aliphatic rings.